The summed E-state index contributed by atoms with van der Waals surface area (Å²) in [5.41, 5.74) is -0.159. The van der Waals surface area contributed by atoms with Crippen LogP contribution in [0.4, 0.5) is 13.2 Å². The van der Waals surface area contributed by atoms with E-state index in [-0.39, 0.29) is 11.4 Å². The van der Waals surface area contributed by atoms with Crippen molar-refractivity contribution in [3.05, 3.63) is 24.0 Å². The van der Waals surface area contributed by atoms with Crippen LogP contribution < -0.4 is 0 Å². The number of halogens is 3. The number of hydrogen-bond donors (Lipinski definition) is 1. The van der Waals surface area contributed by atoms with E-state index in [1.807, 2.05) is 0 Å². The van der Waals surface area contributed by atoms with Crippen LogP contribution in [0.25, 0.3) is 0 Å². The number of hydrogen-bond acceptors (Lipinski definition) is 3. The maximum atomic E-state index is 12.5. The summed E-state index contributed by atoms with van der Waals surface area (Å²) in [7, 11) is 0. The molecule has 1 aliphatic heterocycles. The first-order chi connectivity index (χ1) is 9.70. The third-order valence-electron chi connectivity index (χ3n) is 3.14. The number of carboxylic acid groups (broad SMARTS) is 1. The number of nitrogens with zero attached hydrogens (tertiary/aromatic N) is 2. The van der Waals surface area contributed by atoms with E-state index < -0.39 is 36.0 Å². The van der Waals surface area contributed by atoms with E-state index in [1.165, 1.54) is 23.9 Å². The molecule has 1 fully saturated rings. The predicted octanol–water partition coefficient (Wildman–Crippen LogP) is 2.04. The summed E-state index contributed by atoms with van der Waals surface area (Å²) in [5.74, 6) is -1.63. The molecule has 1 aromatic rings. The Bertz CT molecular complexity index is 558. The summed E-state index contributed by atoms with van der Waals surface area (Å²) >= 11 is 1.28. The van der Waals surface area contributed by atoms with Gasteiger partial charge in [-0.2, -0.15) is 13.2 Å². The van der Waals surface area contributed by atoms with E-state index in [2.05, 4.69) is 0 Å². The molecule has 0 saturated carbocycles. The summed E-state index contributed by atoms with van der Waals surface area (Å²) in [4.78, 5) is 24.7. The van der Waals surface area contributed by atoms with E-state index in [0.29, 0.717) is 0 Å². The molecule has 21 heavy (non-hydrogen) atoms. The van der Waals surface area contributed by atoms with Crippen LogP contribution in [0.2, 0.25) is 0 Å². The highest BCUT2D eigenvalue weighted by Gasteiger charge is 2.41. The van der Waals surface area contributed by atoms with Crippen LogP contribution in [-0.2, 0) is 11.3 Å². The van der Waals surface area contributed by atoms with Crippen LogP contribution in [0, 0.1) is 0 Å². The molecule has 0 spiro atoms. The molecule has 2 heterocycles. The largest absolute Gasteiger partial charge is 0.480 e. The highest BCUT2D eigenvalue weighted by atomic mass is 32.2. The first-order valence-corrected chi connectivity index (χ1v) is 7.14. The molecular formula is C12H13F3N2O3S. The quantitative estimate of drug-likeness (QED) is 0.925. The lowest BCUT2D eigenvalue weighted by Crippen LogP contribution is -2.45. The Morgan fingerprint density at radius 3 is 2.71 bits per heavy atom. The van der Waals surface area contributed by atoms with E-state index in [0.717, 1.165) is 15.7 Å². The lowest BCUT2D eigenvalue weighted by molar-refractivity contribution is -0.142. The van der Waals surface area contributed by atoms with Gasteiger partial charge in [-0.3, -0.25) is 4.79 Å². The number of alkyl halides is 3. The van der Waals surface area contributed by atoms with Crippen molar-refractivity contribution in [1.82, 2.24) is 9.47 Å². The molecule has 5 nitrogen and oxygen atoms in total. The fourth-order valence-electron chi connectivity index (χ4n) is 2.21. The topological polar surface area (TPSA) is 62.5 Å². The zero-order valence-electron chi connectivity index (χ0n) is 11.0. The Morgan fingerprint density at radius 2 is 2.14 bits per heavy atom. The highest BCUT2D eigenvalue weighted by molar-refractivity contribution is 8.00. The molecule has 2 rings (SSSR count). The Labute approximate surface area is 122 Å². The molecule has 9 heteroatoms. The Hall–Kier alpha value is -1.64. The van der Waals surface area contributed by atoms with Gasteiger partial charge in [0.15, 0.2) is 0 Å². The van der Waals surface area contributed by atoms with Crippen molar-refractivity contribution in [2.45, 2.75) is 31.1 Å². The van der Waals surface area contributed by atoms with Crippen molar-refractivity contribution in [2.75, 3.05) is 5.75 Å². The molecule has 1 amide bonds. The number of thioether (sulfide) groups is 1. The summed E-state index contributed by atoms with van der Waals surface area (Å²) in [5, 5.41) is 8.71. The molecule has 1 aliphatic rings. The van der Waals surface area contributed by atoms with Crippen LogP contribution in [-0.4, -0.2) is 49.8 Å². The van der Waals surface area contributed by atoms with Gasteiger partial charge in [0.1, 0.15) is 18.3 Å². The minimum absolute atomic E-state index is 0.159. The number of aromatic nitrogens is 1. The zero-order valence-corrected chi connectivity index (χ0v) is 11.8. The second kappa shape index (κ2) is 5.63. The second-order valence-electron chi connectivity index (χ2n) is 4.64. The van der Waals surface area contributed by atoms with E-state index in [9.17, 15) is 22.8 Å². The van der Waals surface area contributed by atoms with Crippen molar-refractivity contribution in [3.8, 4) is 0 Å². The Kier molecular flexibility index (Phi) is 4.22. The normalized spacial score (nSPS) is 22.6. The fraction of sp³-hybridized carbons (Fsp3) is 0.500. The van der Waals surface area contributed by atoms with Gasteiger partial charge in [-0.15, -0.1) is 11.8 Å². The maximum Gasteiger partial charge on any atom is 0.406 e. The van der Waals surface area contributed by atoms with Crippen molar-refractivity contribution in [3.63, 3.8) is 0 Å². The van der Waals surface area contributed by atoms with Crippen LogP contribution in [0.5, 0.6) is 0 Å². The average molecular weight is 322 g/mol. The number of amides is 1. The third kappa shape index (κ3) is 3.34. The van der Waals surface area contributed by atoms with E-state index in [4.69, 9.17) is 5.11 Å². The summed E-state index contributed by atoms with van der Waals surface area (Å²) < 4.78 is 38.2. The zero-order chi connectivity index (χ0) is 15.8. The molecule has 2 atom stereocenters. The first kappa shape index (κ1) is 15.7. The van der Waals surface area contributed by atoms with Gasteiger partial charge in [-0.05, 0) is 19.1 Å². The SMILES string of the molecule is CC1SCC(C(=O)O)N1C(=O)c1cccn1CC(F)(F)F. The molecule has 1 saturated heterocycles. The van der Waals surface area contributed by atoms with Gasteiger partial charge in [0.05, 0.1) is 5.37 Å². The molecule has 2 unspecified atom stereocenters. The lowest BCUT2D eigenvalue weighted by atomic mass is 10.2. The van der Waals surface area contributed by atoms with E-state index >= 15 is 0 Å². The van der Waals surface area contributed by atoms with Crippen LogP contribution in [0.15, 0.2) is 18.3 Å². The molecule has 0 aromatic carbocycles. The Balaban J connectivity index is 2.28. The van der Waals surface area contributed by atoms with Crippen LogP contribution >= 0.6 is 11.8 Å². The van der Waals surface area contributed by atoms with Crippen molar-refractivity contribution >= 4 is 23.6 Å². The van der Waals surface area contributed by atoms with Crippen LogP contribution in [0.1, 0.15) is 17.4 Å². The predicted molar refractivity (Wildman–Crippen MR) is 70.0 cm³/mol. The minimum atomic E-state index is -4.45. The molecule has 1 N–H and O–H groups in total. The summed E-state index contributed by atoms with van der Waals surface area (Å²) in [6.45, 7) is 0.372. The minimum Gasteiger partial charge on any atom is -0.480 e. The maximum absolute atomic E-state index is 12.5. The molecule has 0 radical (unpaired) electrons. The first-order valence-electron chi connectivity index (χ1n) is 6.09. The molecule has 0 bridgehead atoms. The van der Waals surface area contributed by atoms with Gasteiger partial charge in [0.2, 0.25) is 0 Å². The number of aliphatic carboxylic acids is 1. The van der Waals surface area contributed by atoms with Gasteiger partial charge in [-0.25, -0.2) is 4.79 Å². The molecular weight excluding hydrogens is 309 g/mol. The third-order valence-corrected chi connectivity index (χ3v) is 4.36. The smallest absolute Gasteiger partial charge is 0.406 e. The van der Waals surface area contributed by atoms with Gasteiger partial charge in [0.25, 0.3) is 5.91 Å². The summed E-state index contributed by atoms with van der Waals surface area (Å²) in [6.07, 6.45) is -3.30. The molecule has 116 valence electrons. The highest BCUT2D eigenvalue weighted by Crippen LogP contribution is 2.31. The monoisotopic (exact) mass is 322 g/mol. The number of carbonyl (C=O) groups excluding carboxylic acids is 1. The van der Waals surface area contributed by atoms with Gasteiger partial charge < -0.3 is 14.6 Å². The number of carboxylic acids is 1. The van der Waals surface area contributed by atoms with E-state index in [1.54, 1.807) is 6.92 Å². The van der Waals surface area contributed by atoms with Crippen molar-refractivity contribution in [2.24, 2.45) is 0 Å². The van der Waals surface area contributed by atoms with Gasteiger partial charge >= 0.3 is 12.1 Å². The number of rotatable bonds is 3. The fourth-order valence-corrected chi connectivity index (χ4v) is 3.38. The van der Waals surface area contributed by atoms with Crippen molar-refractivity contribution < 1.29 is 27.9 Å². The van der Waals surface area contributed by atoms with Crippen LogP contribution in [0.3, 0.4) is 0 Å². The van der Waals surface area contributed by atoms with Gasteiger partial charge in [0, 0.05) is 11.9 Å². The molecule has 1 aromatic heterocycles. The van der Waals surface area contributed by atoms with Gasteiger partial charge in [-0.1, -0.05) is 0 Å². The average Bonchev–Trinajstić information content (AvgIpc) is 2.92. The lowest BCUT2D eigenvalue weighted by Gasteiger charge is -2.25. The van der Waals surface area contributed by atoms with Crippen molar-refractivity contribution in [1.29, 1.82) is 0 Å². The summed E-state index contributed by atoms with van der Waals surface area (Å²) in [6, 6.07) is 1.58. The second-order valence-corrected chi connectivity index (χ2v) is 5.98. The molecule has 0 aliphatic carbocycles. The Morgan fingerprint density at radius 1 is 1.48 bits per heavy atom. The standard InChI is InChI=1S/C12H13F3N2O3S/c1-7-17(9(5-21-7)11(19)20)10(18)8-3-2-4-16(8)6-12(13,14)15/h2-4,7,9H,5-6H2,1H3,(H,19,20). The number of carbonyl (C=O) groups is 2.